The summed E-state index contributed by atoms with van der Waals surface area (Å²) in [7, 11) is 0. The summed E-state index contributed by atoms with van der Waals surface area (Å²) in [6.45, 7) is 1.30. The molecule has 0 radical (unpaired) electrons. The van der Waals surface area contributed by atoms with Crippen LogP contribution in [-0.4, -0.2) is 49.2 Å². The molecule has 6 nitrogen and oxygen atoms in total. The van der Waals surface area contributed by atoms with Gasteiger partial charge in [0, 0.05) is 0 Å². The molecule has 1 heterocycles. The minimum atomic E-state index is -1.49. The maximum Gasteiger partial charge on any atom is 0.140 e. The van der Waals surface area contributed by atoms with Gasteiger partial charge < -0.3 is 25.4 Å². The Kier molecular flexibility index (Phi) is 3.63. The first-order valence-corrected chi connectivity index (χ1v) is 5.64. The van der Waals surface area contributed by atoms with Crippen LogP contribution in [0.15, 0.2) is 18.2 Å². The van der Waals surface area contributed by atoms with E-state index in [0.717, 1.165) is 11.1 Å². The topological polar surface area (TPSA) is 110 Å². The van der Waals surface area contributed by atoms with Crippen LogP contribution < -0.4 is 0 Å². The van der Waals surface area contributed by atoms with Crippen molar-refractivity contribution in [2.24, 2.45) is 0 Å². The van der Waals surface area contributed by atoms with Gasteiger partial charge in [0.05, 0.1) is 17.6 Å². The van der Waals surface area contributed by atoms with Crippen molar-refractivity contribution in [2.75, 3.05) is 6.61 Å². The summed E-state index contributed by atoms with van der Waals surface area (Å²) in [5.74, 6) is 0.163. The maximum atomic E-state index is 9.85. The van der Waals surface area contributed by atoms with Gasteiger partial charge in [0.2, 0.25) is 0 Å². The third-order valence-corrected chi connectivity index (χ3v) is 2.84. The first kappa shape index (κ1) is 13.0. The van der Waals surface area contributed by atoms with Crippen molar-refractivity contribution in [3.8, 4) is 0 Å². The van der Waals surface area contributed by atoms with Gasteiger partial charge in [0.25, 0.3) is 0 Å². The SMILES string of the molecule is Cc1ccc2nc([C@H](O)[C@@H](O)[C@H](O)CO)[nH]c2c1. The molecule has 0 bridgehead atoms. The molecular weight excluding hydrogens is 236 g/mol. The van der Waals surface area contributed by atoms with Crippen LogP contribution in [0.2, 0.25) is 0 Å². The third kappa shape index (κ3) is 2.37. The Hall–Kier alpha value is -1.47. The monoisotopic (exact) mass is 252 g/mol. The second-order valence-electron chi connectivity index (χ2n) is 4.33. The highest BCUT2D eigenvalue weighted by Crippen LogP contribution is 2.20. The molecular formula is C12H16N2O4. The molecule has 1 aromatic carbocycles. The summed E-state index contributed by atoms with van der Waals surface area (Å²) in [4.78, 5) is 7.02. The van der Waals surface area contributed by atoms with Gasteiger partial charge in [-0.1, -0.05) is 6.07 Å². The average molecular weight is 252 g/mol. The average Bonchev–Trinajstić information content (AvgIpc) is 2.78. The van der Waals surface area contributed by atoms with Gasteiger partial charge in [-0.2, -0.15) is 0 Å². The van der Waals surface area contributed by atoms with Gasteiger partial charge in [-0.25, -0.2) is 4.98 Å². The minimum Gasteiger partial charge on any atom is -0.394 e. The van der Waals surface area contributed by atoms with Crippen molar-refractivity contribution < 1.29 is 20.4 Å². The van der Waals surface area contributed by atoms with E-state index in [1.54, 1.807) is 6.07 Å². The summed E-state index contributed by atoms with van der Waals surface area (Å²) in [5.41, 5.74) is 2.46. The molecule has 0 amide bonds. The van der Waals surface area contributed by atoms with E-state index in [1.807, 2.05) is 19.1 Å². The number of fused-ring (bicyclic) bond motifs is 1. The van der Waals surface area contributed by atoms with Gasteiger partial charge in [-0.3, -0.25) is 0 Å². The number of rotatable bonds is 4. The molecule has 0 aliphatic carbocycles. The van der Waals surface area contributed by atoms with Gasteiger partial charge in [-0.15, -0.1) is 0 Å². The second-order valence-corrected chi connectivity index (χ2v) is 4.33. The predicted octanol–water partition coefficient (Wildman–Crippen LogP) is -0.381. The van der Waals surface area contributed by atoms with Crippen molar-refractivity contribution in [1.29, 1.82) is 0 Å². The molecule has 3 atom stereocenters. The van der Waals surface area contributed by atoms with Crippen molar-refractivity contribution in [1.82, 2.24) is 9.97 Å². The Bertz CT molecular complexity index is 540. The Morgan fingerprint density at radius 1 is 1.28 bits per heavy atom. The number of imidazole rings is 1. The molecule has 0 spiro atoms. The number of aromatic nitrogens is 2. The molecule has 1 aromatic heterocycles. The van der Waals surface area contributed by atoms with E-state index in [0.29, 0.717) is 5.52 Å². The number of aliphatic hydroxyl groups is 4. The number of aryl methyl sites for hydroxylation is 1. The number of nitrogens with one attached hydrogen (secondary N) is 1. The number of aliphatic hydroxyl groups excluding tert-OH is 4. The van der Waals surface area contributed by atoms with Gasteiger partial charge in [0.1, 0.15) is 24.1 Å². The summed E-state index contributed by atoms with van der Waals surface area (Å²) >= 11 is 0. The number of hydrogen-bond donors (Lipinski definition) is 5. The smallest absolute Gasteiger partial charge is 0.140 e. The van der Waals surface area contributed by atoms with E-state index < -0.39 is 24.9 Å². The first-order chi connectivity index (χ1) is 8.52. The van der Waals surface area contributed by atoms with Crippen LogP contribution in [0, 0.1) is 6.92 Å². The molecule has 0 saturated heterocycles. The molecule has 0 saturated carbocycles. The largest absolute Gasteiger partial charge is 0.394 e. The third-order valence-electron chi connectivity index (χ3n) is 2.84. The van der Waals surface area contributed by atoms with Crippen LogP contribution in [-0.2, 0) is 0 Å². The zero-order chi connectivity index (χ0) is 13.3. The molecule has 6 heteroatoms. The molecule has 2 rings (SSSR count). The second kappa shape index (κ2) is 5.03. The zero-order valence-corrected chi connectivity index (χ0v) is 9.91. The van der Waals surface area contributed by atoms with Crippen LogP contribution in [0.1, 0.15) is 17.5 Å². The molecule has 5 N–H and O–H groups in total. The maximum absolute atomic E-state index is 9.85. The number of H-pyrrole nitrogens is 1. The number of hydrogen-bond acceptors (Lipinski definition) is 5. The fourth-order valence-corrected chi connectivity index (χ4v) is 1.76. The first-order valence-electron chi connectivity index (χ1n) is 5.64. The van der Waals surface area contributed by atoms with Crippen molar-refractivity contribution >= 4 is 11.0 Å². The molecule has 0 fully saturated rings. The lowest BCUT2D eigenvalue weighted by atomic mass is 10.1. The molecule has 0 aliphatic heterocycles. The molecule has 0 aliphatic rings. The Morgan fingerprint density at radius 3 is 2.67 bits per heavy atom. The normalized spacial score (nSPS) is 16.7. The Balaban J connectivity index is 2.30. The summed E-state index contributed by atoms with van der Waals surface area (Å²) in [6.07, 6.45) is -4.27. The van der Waals surface area contributed by atoms with Crippen LogP contribution in [0.25, 0.3) is 11.0 Å². The molecule has 98 valence electrons. The van der Waals surface area contributed by atoms with Crippen LogP contribution in [0.3, 0.4) is 0 Å². The van der Waals surface area contributed by atoms with E-state index in [2.05, 4.69) is 9.97 Å². The molecule has 2 aromatic rings. The highest BCUT2D eigenvalue weighted by Gasteiger charge is 2.27. The van der Waals surface area contributed by atoms with Crippen molar-refractivity contribution in [3.63, 3.8) is 0 Å². The van der Waals surface area contributed by atoms with Gasteiger partial charge in [0.15, 0.2) is 0 Å². The fourth-order valence-electron chi connectivity index (χ4n) is 1.76. The van der Waals surface area contributed by atoms with Crippen molar-refractivity contribution in [3.05, 3.63) is 29.6 Å². The number of aromatic amines is 1. The van der Waals surface area contributed by atoms with E-state index >= 15 is 0 Å². The lowest BCUT2D eigenvalue weighted by Crippen LogP contribution is -2.35. The minimum absolute atomic E-state index is 0.163. The number of benzene rings is 1. The van der Waals surface area contributed by atoms with E-state index in [1.165, 1.54) is 0 Å². The summed E-state index contributed by atoms with van der Waals surface area (Å²) in [6, 6.07) is 5.55. The highest BCUT2D eigenvalue weighted by molar-refractivity contribution is 5.75. The highest BCUT2D eigenvalue weighted by atomic mass is 16.4. The predicted molar refractivity (Wildman–Crippen MR) is 64.9 cm³/mol. The van der Waals surface area contributed by atoms with E-state index in [4.69, 9.17) is 5.11 Å². The van der Waals surface area contributed by atoms with E-state index in [9.17, 15) is 15.3 Å². The Labute approximate surface area is 104 Å². The summed E-state index contributed by atoms with van der Waals surface area (Å²) < 4.78 is 0. The van der Waals surface area contributed by atoms with Crippen LogP contribution >= 0.6 is 0 Å². The summed E-state index contributed by atoms with van der Waals surface area (Å²) in [5, 5.41) is 37.4. The van der Waals surface area contributed by atoms with Gasteiger partial charge in [-0.05, 0) is 24.6 Å². The van der Waals surface area contributed by atoms with Crippen LogP contribution in [0.4, 0.5) is 0 Å². The van der Waals surface area contributed by atoms with Gasteiger partial charge >= 0.3 is 0 Å². The number of nitrogens with zero attached hydrogens (tertiary/aromatic N) is 1. The zero-order valence-electron chi connectivity index (χ0n) is 9.91. The fraction of sp³-hybridized carbons (Fsp3) is 0.417. The van der Waals surface area contributed by atoms with Crippen LogP contribution in [0.5, 0.6) is 0 Å². The van der Waals surface area contributed by atoms with E-state index in [-0.39, 0.29) is 5.82 Å². The standard InChI is InChI=1S/C12H16N2O4/c1-6-2-3-7-8(4-6)14-12(13-7)11(18)10(17)9(16)5-15/h2-4,9-11,15-18H,5H2,1H3,(H,13,14)/t9-,10+,11-/m1/s1. The lowest BCUT2D eigenvalue weighted by molar-refractivity contribution is -0.0800. The molecule has 18 heavy (non-hydrogen) atoms. The Morgan fingerprint density at radius 2 is 2.00 bits per heavy atom. The lowest BCUT2D eigenvalue weighted by Gasteiger charge is -2.19. The molecule has 0 unspecified atom stereocenters. The quantitative estimate of drug-likeness (QED) is 0.509. The van der Waals surface area contributed by atoms with Crippen molar-refractivity contribution in [2.45, 2.75) is 25.2 Å².